The average molecular weight is 304 g/mol. The van der Waals surface area contributed by atoms with Gasteiger partial charge in [-0.05, 0) is 31.4 Å². The molecule has 0 aliphatic rings. The quantitative estimate of drug-likeness (QED) is 0.788. The summed E-state index contributed by atoms with van der Waals surface area (Å²) in [6, 6.07) is 6.17. The van der Waals surface area contributed by atoms with Crippen molar-refractivity contribution in [2.75, 3.05) is 13.2 Å². The highest BCUT2D eigenvalue weighted by Gasteiger charge is 2.19. The lowest BCUT2D eigenvalue weighted by atomic mass is 10.0. The summed E-state index contributed by atoms with van der Waals surface area (Å²) >= 11 is 12.3. The molecule has 108 valence electrons. The highest BCUT2D eigenvalue weighted by Crippen LogP contribution is 2.30. The first-order valence-corrected chi connectivity index (χ1v) is 7.50. The minimum Gasteiger partial charge on any atom is -0.380 e. The fourth-order valence-electron chi connectivity index (χ4n) is 1.94. The van der Waals surface area contributed by atoms with Crippen LogP contribution in [0, 0.1) is 5.92 Å². The third-order valence-electron chi connectivity index (χ3n) is 3.22. The number of benzene rings is 1. The van der Waals surface area contributed by atoms with Crippen LogP contribution in [0.25, 0.3) is 0 Å². The van der Waals surface area contributed by atoms with Gasteiger partial charge in [0.1, 0.15) is 0 Å². The molecule has 4 heteroatoms. The van der Waals surface area contributed by atoms with Crippen molar-refractivity contribution in [1.82, 2.24) is 5.32 Å². The summed E-state index contributed by atoms with van der Waals surface area (Å²) in [6.07, 6.45) is 0. The van der Waals surface area contributed by atoms with E-state index in [0.29, 0.717) is 28.6 Å². The molecular weight excluding hydrogens is 281 g/mol. The van der Waals surface area contributed by atoms with Crippen LogP contribution >= 0.6 is 23.2 Å². The van der Waals surface area contributed by atoms with Crippen LogP contribution < -0.4 is 5.32 Å². The number of hydrogen-bond acceptors (Lipinski definition) is 2. The Labute approximate surface area is 126 Å². The highest BCUT2D eigenvalue weighted by molar-refractivity contribution is 6.42. The van der Waals surface area contributed by atoms with Crippen molar-refractivity contribution in [1.29, 1.82) is 0 Å². The zero-order valence-corrected chi connectivity index (χ0v) is 13.6. The number of rotatable bonds is 7. The fourth-order valence-corrected chi connectivity index (χ4v) is 2.42. The lowest BCUT2D eigenvalue weighted by molar-refractivity contribution is 0.104. The molecule has 2 nitrogen and oxygen atoms in total. The summed E-state index contributed by atoms with van der Waals surface area (Å²) in [4.78, 5) is 0. The predicted octanol–water partition coefficient (Wildman–Crippen LogP) is 4.71. The van der Waals surface area contributed by atoms with Crippen LogP contribution in [0.2, 0.25) is 10.0 Å². The zero-order chi connectivity index (χ0) is 14.4. The maximum absolute atomic E-state index is 6.25. The molecule has 2 unspecified atom stereocenters. The first-order valence-electron chi connectivity index (χ1n) is 6.75. The second kappa shape index (κ2) is 8.11. The summed E-state index contributed by atoms with van der Waals surface area (Å²) < 4.78 is 5.53. The molecule has 2 atom stereocenters. The molecule has 0 aromatic heterocycles. The van der Waals surface area contributed by atoms with Crippen molar-refractivity contribution in [3.05, 3.63) is 33.8 Å². The first-order chi connectivity index (χ1) is 8.97. The zero-order valence-electron chi connectivity index (χ0n) is 12.0. The Morgan fingerprint density at radius 1 is 1.21 bits per heavy atom. The van der Waals surface area contributed by atoms with E-state index in [2.05, 4.69) is 26.1 Å². The van der Waals surface area contributed by atoms with Gasteiger partial charge in [-0.1, -0.05) is 49.2 Å². The van der Waals surface area contributed by atoms with E-state index in [-0.39, 0.29) is 6.04 Å². The summed E-state index contributed by atoms with van der Waals surface area (Å²) in [5.41, 5.74) is 1.02. The van der Waals surface area contributed by atoms with Crippen LogP contribution in [0.3, 0.4) is 0 Å². The standard InChI is InChI=1S/C15H23Cl2NO/c1-5-19-9-14(10(2)3)18-11(4)12-7-6-8-13(16)15(12)17/h6-8,10-11,14,18H,5,9H2,1-4H3. The maximum Gasteiger partial charge on any atom is 0.0639 e. The number of nitrogens with one attached hydrogen (secondary N) is 1. The van der Waals surface area contributed by atoms with Gasteiger partial charge in [0, 0.05) is 18.7 Å². The van der Waals surface area contributed by atoms with Gasteiger partial charge < -0.3 is 10.1 Å². The predicted molar refractivity (Wildman–Crippen MR) is 83.1 cm³/mol. The summed E-state index contributed by atoms with van der Waals surface area (Å²) in [5.74, 6) is 0.493. The number of ether oxygens (including phenoxy) is 1. The van der Waals surface area contributed by atoms with E-state index >= 15 is 0 Å². The molecule has 0 bridgehead atoms. The summed E-state index contributed by atoms with van der Waals surface area (Å²) in [7, 11) is 0. The van der Waals surface area contributed by atoms with Gasteiger partial charge in [-0.3, -0.25) is 0 Å². The smallest absolute Gasteiger partial charge is 0.0639 e. The second-order valence-electron chi connectivity index (χ2n) is 5.04. The van der Waals surface area contributed by atoms with Crippen LogP contribution in [-0.2, 0) is 4.74 Å². The van der Waals surface area contributed by atoms with E-state index in [1.807, 2.05) is 19.1 Å². The molecule has 0 aliphatic carbocycles. The Morgan fingerprint density at radius 3 is 2.47 bits per heavy atom. The molecule has 1 N–H and O–H groups in total. The molecule has 0 saturated heterocycles. The van der Waals surface area contributed by atoms with Crippen molar-refractivity contribution in [3.8, 4) is 0 Å². The molecular formula is C15H23Cl2NO. The number of halogens is 2. The normalized spacial score (nSPS) is 14.7. The molecule has 0 heterocycles. The van der Waals surface area contributed by atoms with E-state index in [4.69, 9.17) is 27.9 Å². The van der Waals surface area contributed by atoms with Gasteiger partial charge in [0.15, 0.2) is 0 Å². The Morgan fingerprint density at radius 2 is 1.89 bits per heavy atom. The van der Waals surface area contributed by atoms with Crippen LogP contribution in [0.5, 0.6) is 0 Å². The van der Waals surface area contributed by atoms with Crippen LogP contribution in [-0.4, -0.2) is 19.3 Å². The minimum atomic E-state index is 0.138. The Kier molecular flexibility index (Phi) is 7.16. The third kappa shape index (κ3) is 4.96. The van der Waals surface area contributed by atoms with Crippen LogP contribution in [0.4, 0.5) is 0 Å². The monoisotopic (exact) mass is 303 g/mol. The van der Waals surface area contributed by atoms with Crippen LogP contribution in [0.1, 0.15) is 39.3 Å². The van der Waals surface area contributed by atoms with Gasteiger partial charge in [-0.2, -0.15) is 0 Å². The fraction of sp³-hybridized carbons (Fsp3) is 0.600. The lowest BCUT2D eigenvalue weighted by Gasteiger charge is -2.27. The molecule has 0 spiro atoms. The lowest BCUT2D eigenvalue weighted by Crippen LogP contribution is -2.39. The van der Waals surface area contributed by atoms with Gasteiger partial charge in [0.25, 0.3) is 0 Å². The van der Waals surface area contributed by atoms with E-state index in [1.165, 1.54) is 0 Å². The Bertz CT molecular complexity index is 396. The van der Waals surface area contributed by atoms with E-state index in [9.17, 15) is 0 Å². The molecule has 0 fully saturated rings. The SMILES string of the molecule is CCOCC(NC(C)c1cccc(Cl)c1Cl)C(C)C. The minimum absolute atomic E-state index is 0.138. The highest BCUT2D eigenvalue weighted by atomic mass is 35.5. The van der Waals surface area contributed by atoms with Crippen molar-refractivity contribution in [2.24, 2.45) is 5.92 Å². The van der Waals surface area contributed by atoms with Crippen molar-refractivity contribution in [2.45, 2.75) is 39.8 Å². The maximum atomic E-state index is 6.25. The molecule has 0 saturated carbocycles. The van der Waals surface area contributed by atoms with E-state index in [0.717, 1.165) is 12.2 Å². The molecule has 1 rings (SSSR count). The topological polar surface area (TPSA) is 21.3 Å². The number of hydrogen-bond donors (Lipinski definition) is 1. The van der Waals surface area contributed by atoms with E-state index in [1.54, 1.807) is 6.07 Å². The Hall–Kier alpha value is -0.280. The van der Waals surface area contributed by atoms with Gasteiger partial charge in [-0.15, -0.1) is 0 Å². The van der Waals surface area contributed by atoms with Crippen molar-refractivity contribution >= 4 is 23.2 Å². The van der Waals surface area contributed by atoms with Gasteiger partial charge >= 0.3 is 0 Å². The first kappa shape index (κ1) is 16.8. The summed E-state index contributed by atoms with van der Waals surface area (Å²) in [6.45, 7) is 9.91. The average Bonchev–Trinajstić information content (AvgIpc) is 2.37. The molecule has 1 aromatic carbocycles. The molecule has 1 aromatic rings. The largest absolute Gasteiger partial charge is 0.380 e. The molecule has 0 aliphatic heterocycles. The van der Waals surface area contributed by atoms with Crippen molar-refractivity contribution < 1.29 is 4.74 Å². The van der Waals surface area contributed by atoms with Gasteiger partial charge in [-0.25, -0.2) is 0 Å². The Balaban J connectivity index is 2.75. The third-order valence-corrected chi connectivity index (χ3v) is 4.05. The van der Waals surface area contributed by atoms with Crippen LogP contribution in [0.15, 0.2) is 18.2 Å². The van der Waals surface area contributed by atoms with E-state index < -0.39 is 0 Å². The van der Waals surface area contributed by atoms with Gasteiger partial charge in [0.05, 0.1) is 16.7 Å². The molecule has 0 amide bonds. The second-order valence-corrected chi connectivity index (χ2v) is 5.83. The molecule has 19 heavy (non-hydrogen) atoms. The summed E-state index contributed by atoms with van der Waals surface area (Å²) in [5, 5.41) is 4.79. The molecule has 0 radical (unpaired) electrons. The van der Waals surface area contributed by atoms with Crippen molar-refractivity contribution in [3.63, 3.8) is 0 Å². The van der Waals surface area contributed by atoms with Gasteiger partial charge in [0.2, 0.25) is 0 Å².